The molecule has 1 aliphatic heterocycles. The number of ether oxygens (including phenoxy) is 1. The molecular weight excluding hydrogens is 418 g/mol. The molecule has 0 aliphatic carbocycles. The van der Waals surface area contributed by atoms with Gasteiger partial charge in [-0.05, 0) is 35.4 Å². The van der Waals surface area contributed by atoms with Gasteiger partial charge in [0, 0.05) is 12.0 Å². The van der Waals surface area contributed by atoms with Gasteiger partial charge in [0.1, 0.15) is 6.61 Å². The monoisotopic (exact) mass is 453 g/mol. The summed E-state index contributed by atoms with van der Waals surface area (Å²) in [6.07, 6.45) is 2.83. The summed E-state index contributed by atoms with van der Waals surface area (Å²) in [5, 5.41) is 0. The van der Waals surface area contributed by atoms with Crippen LogP contribution >= 0.6 is 0 Å². The summed E-state index contributed by atoms with van der Waals surface area (Å²) >= 11 is 0. The van der Waals surface area contributed by atoms with E-state index in [0.29, 0.717) is 6.54 Å². The Hall–Kier alpha value is -3.33. The Morgan fingerprint density at radius 1 is 0.912 bits per heavy atom. The van der Waals surface area contributed by atoms with E-state index in [-0.39, 0.29) is 29.6 Å². The van der Waals surface area contributed by atoms with Crippen molar-refractivity contribution in [1.29, 1.82) is 0 Å². The SMILES string of the molecule is C/C(=C/[C@H]1CC(c2ccccc2)(c2ccccc2)CN1C(=O)OCc1ccccc1)C(C)(C)C. The third kappa shape index (κ3) is 5.09. The fraction of sp³-hybridized carbons (Fsp3) is 0.323. The number of benzene rings is 3. The van der Waals surface area contributed by atoms with Crippen molar-refractivity contribution in [3.8, 4) is 0 Å². The maximum absolute atomic E-state index is 13.5. The number of likely N-dealkylation sites (tertiary alicyclic amines) is 1. The third-order valence-corrected chi connectivity index (χ3v) is 7.12. The van der Waals surface area contributed by atoms with Crippen LogP contribution in [0.5, 0.6) is 0 Å². The molecule has 34 heavy (non-hydrogen) atoms. The van der Waals surface area contributed by atoms with Crippen molar-refractivity contribution in [2.45, 2.75) is 52.2 Å². The lowest BCUT2D eigenvalue weighted by atomic mass is 9.72. The first-order valence-corrected chi connectivity index (χ1v) is 12.1. The van der Waals surface area contributed by atoms with E-state index in [1.54, 1.807) is 0 Å². The fourth-order valence-electron chi connectivity index (χ4n) is 4.73. The first-order chi connectivity index (χ1) is 16.3. The molecular formula is C31H35NO2. The molecule has 4 rings (SSSR count). The molecule has 3 aromatic rings. The maximum atomic E-state index is 13.5. The number of amides is 1. The topological polar surface area (TPSA) is 29.5 Å². The van der Waals surface area contributed by atoms with Crippen LogP contribution in [0.3, 0.4) is 0 Å². The van der Waals surface area contributed by atoms with Gasteiger partial charge in [-0.15, -0.1) is 0 Å². The van der Waals surface area contributed by atoms with Crippen molar-refractivity contribution in [2.75, 3.05) is 6.54 Å². The largest absolute Gasteiger partial charge is 0.445 e. The molecule has 1 atom stereocenters. The highest BCUT2D eigenvalue weighted by Gasteiger charge is 2.48. The number of nitrogens with zero attached hydrogens (tertiary/aromatic N) is 1. The minimum Gasteiger partial charge on any atom is -0.445 e. The van der Waals surface area contributed by atoms with Gasteiger partial charge in [0.25, 0.3) is 0 Å². The molecule has 0 saturated carbocycles. The summed E-state index contributed by atoms with van der Waals surface area (Å²) in [6.45, 7) is 9.66. The Morgan fingerprint density at radius 3 is 1.91 bits per heavy atom. The summed E-state index contributed by atoms with van der Waals surface area (Å²) in [4.78, 5) is 15.4. The zero-order valence-electron chi connectivity index (χ0n) is 20.7. The normalized spacial score (nSPS) is 18.1. The minimum absolute atomic E-state index is 0.0321. The molecule has 3 heteroatoms. The molecule has 3 nitrogen and oxygen atoms in total. The molecule has 0 bridgehead atoms. The van der Waals surface area contributed by atoms with E-state index in [2.05, 4.69) is 82.3 Å². The Labute approximate surface area is 204 Å². The van der Waals surface area contributed by atoms with E-state index in [1.807, 2.05) is 47.4 Å². The first kappa shape index (κ1) is 23.8. The molecule has 3 aromatic carbocycles. The highest BCUT2D eigenvalue weighted by Crippen LogP contribution is 2.45. The van der Waals surface area contributed by atoms with Gasteiger partial charge in [0.05, 0.1) is 6.04 Å². The number of carbonyl (C=O) groups excluding carboxylic acids is 1. The van der Waals surface area contributed by atoms with Crippen molar-refractivity contribution >= 4 is 6.09 Å². The second-order valence-electron chi connectivity index (χ2n) is 10.4. The lowest BCUT2D eigenvalue weighted by Crippen LogP contribution is -2.38. The number of rotatable bonds is 5. The van der Waals surface area contributed by atoms with E-state index < -0.39 is 0 Å². The summed E-state index contributed by atoms with van der Waals surface area (Å²) in [6, 6.07) is 31.0. The van der Waals surface area contributed by atoms with E-state index in [4.69, 9.17) is 4.74 Å². The molecule has 0 unspecified atom stereocenters. The van der Waals surface area contributed by atoms with Crippen molar-refractivity contribution in [1.82, 2.24) is 4.90 Å². The second kappa shape index (κ2) is 9.89. The summed E-state index contributed by atoms with van der Waals surface area (Å²) in [5.41, 5.74) is 4.45. The van der Waals surface area contributed by atoms with Crippen molar-refractivity contribution in [2.24, 2.45) is 5.41 Å². The van der Waals surface area contributed by atoms with Crippen LogP contribution in [0.2, 0.25) is 0 Å². The van der Waals surface area contributed by atoms with Crippen LogP contribution in [0, 0.1) is 5.41 Å². The number of hydrogen-bond acceptors (Lipinski definition) is 2. The average Bonchev–Trinajstić information content (AvgIpc) is 3.24. The van der Waals surface area contributed by atoms with Crippen LogP contribution in [0.4, 0.5) is 4.79 Å². The Balaban J connectivity index is 1.72. The van der Waals surface area contributed by atoms with Crippen LogP contribution < -0.4 is 0 Å². The van der Waals surface area contributed by atoms with E-state index >= 15 is 0 Å². The fourth-order valence-corrected chi connectivity index (χ4v) is 4.73. The van der Waals surface area contributed by atoms with Crippen LogP contribution in [-0.2, 0) is 16.8 Å². The molecule has 1 amide bonds. The standard InChI is InChI=1S/C31H35NO2/c1-24(30(2,3)4)20-28-21-31(26-16-10-6-11-17-26,27-18-12-7-13-19-27)23-32(28)29(33)34-22-25-14-8-5-9-15-25/h5-20,28H,21-23H2,1-4H3/b24-20-/t28-/m0/s1. The van der Waals surface area contributed by atoms with Crippen molar-refractivity contribution < 1.29 is 9.53 Å². The summed E-state index contributed by atoms with van der Waals surface area (Å²) in [7, 11) is 0. The predicted octanol–water partition coefficient (Wildman–Crippen LogP) is 7.38. The lowest BCUT2D eigenvalue weighted by molar-refractivity contribution is 0.0961. The number of allylic oxidation sites excluding steroid dienone is 1. The van der Waals surface area contributed by atoms with Gasteiger partial charge in [-0.25, -0.2) is 4.79 Å². The van der Waals surface area contributed by atoms with Gasteiger partial charge in [-0.1, -0.05) is 123 Å². The number of carbonyl (C=O) groups is 1. The zero-order chi connectivity index (χ0) is 24.2. The van der Waals surface area contributed by atoms with Crippen LogP contribution in [0.25, 0.3) is 0 Å². The lowest BCUT2D eigenvalue weighted by Gasteiger charge is -2.30. The van der Waals surface area contributed by atoms with Crippen LogP contribution in [0.1, 0.15) is 50.8 Å². The van der Waals surface area contributed by atoms with Gasteiger partial charge in [-0.3, -0.25) is 0 Å². The molecule has 0 N–H and O–H groups in total. The molecule has 1 fully saturated rings. The van der Waals surface area contributed by atoms with E-state index in [0.717, 1.165) is 12.0 Å². The summed E-state index contributed by atoms with van der Waals surface area (Å²) in [5.74, 6) is 0. The van der Waals surface area contributed by atoms with Gasteiger partial charge in [0.15, 0.2) is 0 Å². The molecule has 0 aromatic heterocycles. The predicted molar refractivity (Wildman–Crippen MR) is 139 cm³/mol. The highest BCUT2D eigenvalue weighted by molar-refractivity contribution is 5.70. The Kier molecular flexibility index (Phi) is 6.92. The van der Waals surface area contributed by atoms with Crippen molar-refractivity contribution in [3.05, 3.63) is 119 Å². The Morgan fingerprint density at radius 2 is 1.41 bits per heavy atom. The third-order valence-electron chi connectivity index (χ3n) is 7.12. The van der Waals surface area contributed by atoms with E-state index in [9.17, 15) is 4.79 Å². The smallest absolute Gasteiger partial charge is 0.410 e. The van der Waals surface area contributed by atoms with E-state index in [1.165, 1.54) is 16.7 Å². The van der Waals surface area contributed by atoms with Crippen LogP contribution in [0.15, 0.2) is 103 Å². The molecule has 1 saturated heterocycles. The average molecular weight is 454 g/mol. The van der Waals surface area contributed by atoms with Gasteiger partial charge >= 0.3 is 6.09 Å². The molecule has 0 spiro atoms. The van der Waals surface area contributed by atoms with Gasteiger partial charge < -0.3 is 9.64 Å². The molecule has 176 valence electrons. The van der Waals surface area contributed by atoms with Gasteiger partial charge in [-0.2, -0.15) is 0 Å². The number of hydrogen-bond donors (Lipinski definition) is 0. The second-order valence-corrected chi connectivity index (χ2v) is 10.4. The molecule has 0 radical (unpaired) electrons. The maximum Gasteiger partial charge on any atom is 0.410 e. The van der Waals surface area contributed by atoms with Crippen molar-refractivity contribution in [3.63, 3.8) is 0 Å². The minimum atomic E-state index is -0.298. The molecule has 1 heterocycles. The van der Waals surface area contributed by atoms with Gasteiger partial charge in [0.2, 0.25) is 0 Å². The molecule has 1 aliphatic rings. The zero-order valence-corrected chi connectivity index (χ0v) is 20.7. The first-order valence-electron chi connectivity index (χ1n) is 12.1. The quantitative estimate of drug-likeness (QED) is 0.377. The highest BCUT2D eigenvalue weighted by atomic mass is 16.6. The Bertz CT molecular complexity index is 1070. The van der Waals surface area contributed by atoms with Crippen LogP contribution in [-0.4, -0.2) is 23.6 Å². The summed E-state index contributed by atoms with van der Waals surface area (Å²) < 4.78 is 5.83.